The van der Waals surface area contributed by atoms with Crippen LogP contribution >= 0.6 is 0 Å². The number of carbonyl (C=O) groups excluding carboxylic acids is 2. The molecule has 9 heteroatoms. The molecule has 0 spiro atoms. The average molecular weight is 440 g/mol. The predicted molar refractivity (Wildman–Crippen MR) is 109 cm³/mol. The van der Waals surface area contributed by atoms with Gasteiger partial charge >= 0.3 is 6.36 Å². The largest absolute Gasteiger partial charge is 0.573 e. The van der Waals surface area contributed by atoms with Crippen LogP contribution in [0.5, 0.6) is 5.75 Å². The lowest BCUT2D eigenvalue weighted by Crippen LogP contribution is -2.29. The summed E-state index contributed by atoms with van der Waals surface area (Å²) >= 11 is 0. The van der Waals surface area contributed by atoms with Gasteiger partial charge in [0.2, 0.25) is 0 Å². The van der Waals surface area contributed by atoms with Crippen molar-refractivity contribution >= 4 is 23.1 Å². The molecule has 1 fully saturated rings. The van der Waals surface area contributed by atoms with Gasteiger partial charge in [0.1, 0.15) is 11.5 Å². The van der Waals surface area contributed by atoms with Crippen LogP contribution < -0.4 is 9.64 Å². The van der Waals surface area contributed by atoms with Gasteiger partial charge in [-0.3, -0.25) is 19.5 Å². The van der Waals surface area contributed by atoms with Crippen molar-refractivity contribution in [2.45, 2.75) is 12.4 Å². The molecule has 1 aromatic heterocycles. The van der Waals surface area contributed by atoms with Crippen molar-refractivity contribution in [1.82, 2.24) is 4.98 Å². The Labute approximate surface area is 180 Å². The van der Waals surface area contributed by atoms with Gasteiger partial charge in [0.15, 0.2) is 0 Å². The molecule has 2 heterocycles. The van der Waals surface area contributed by atoms with E-state index in [4.69, 9.17) is 0 Å². The van der Waals surface area contributed by atoms with Crippen LogP contribution in [0.1, 0.15) is 17.2 Å². The molecule has 0 bridgehead atoms. The van der Waals surface area contributed by atoms with Gasteiger partial charge < -0.3 is 9.84 Å². The monoisotopic (exact) mass is 440 g/mol. The predicted octanol–water partition coefficient (Wildman–Crippen LogP) is 4.61. The first-order chi connectivity index (χ1) is 15.3. The third-order valence-corrected chi connectivity index (χ3v) is 4.86. The van der Waals surface area contributed by atoms with Crippen molar-refractivity contribution in [2.75, 3.05) is 4.90 Å². The first-order valence-corrected chi connectivity index (χ1v) is 9.38. The van der Waals surface area contributed by atoms with E-state index in [1.807, 2.05) is 0 Å². The summed E-state index contributed by atoms with van der Waals surface area (Å²) in [6.07, 6.45) is -2.00. The number of aliphatic hydroxyl groups is 1. The molecular formula is C23H15F3N2O4. The van der Waals surface area contributed by atoms with Crippen molar-refractivity contribution in [3.63, 3.8) is 0 Å². The highest BCUT2D eigenvalue weighted by molar-refractivity contribution is 6.51. The normalized spacial score (nSPS) is 18.1. The number of Topliss-reactive ketones (excluding diaryl/α,β-unsaturated/α-hetero) is 1. The molecule has 162 valence electrons. The number of ether oxygens (including phenoxy) is 1. The number of ketones is 1. The Kier molecular flexibility index (Phi) is 5.40. The van der Waals surface area contributed by atoms with E-state index in [9.17, 15) is 27.9 Å². The highest BCUT2D eigenvalue weighted by atomic mass is 19.4. The zero-order valence-corrected chi connectivity index (χ0v) is 16.3. The lowest BCUT2D eigenvalue weighted by atomic mass is 9.95. The number of halogens is 3. The Hall–Kier alpha value is -4.14. The van der Waals surface area contributed by atoms with Gasteiger partial charge in [0.05, 0.1) is 11.6 Å². The summed E-state index contributed by atoms with van der Waals surface area (Å²) in [6, 6.07) is 15.1. The number of alkyl halides is 3. The van der Waals surface area contributed by atoms with E-state index in [2.05, 4.69) is 9.72 Å². The van der Waals surface area contributed by atoms with E-state index in [0.29, 0.717) is 11.1 Å². The number of aromatic nitrogens is 1. The van der Waals surface area contributed by atoms with Gasteiger partial charge in [-0.1, -0.05) is 30.3 Å². The summed E-state index contributed by atoms with van der Waals surface area (Å²) in [5, 5.41) is 10.9. The highest BCUT2D eigenvalue weighted by Gasteiger charge is 2.47. The van der Waals surface area contributed by atoms with Crippen molar-refractivity contribution in [1.29, 1.82) is 0 Å². The molecule has 3 aromatic rings. The van der Waals surface area contributed by atoms with E-state index in [-0.39, 0.29) is 17.0 Å². The Morgan fingerprint density at radius 1 is 0.938 bits per heavy atom. The van der Waals surface area contributed by atoms with Crippen LogP contribution in [0.25, 0.3) is 5.76 Å². The first-order valence-electron chi connectivity index (χ1n) is 9.38. The lowest BCUT2D eigenvalue weighted by Gasteiger charge is -2.25. The van der Waals surface area contributed by atoms with Gasteiger partial charge in [0, 0.05) is 23.6 Å². The topological polar surface area (TPSA) is 79.7 Å². The standard InChI is InChI=1S/C23H15F3N2O4/c24-23(25,26)32-17-8-6-16(7-9-17)28-19(14-4-2-1-3-5-14)18(21(30)22(28)31)20(29)15-10-12-27-13-11-15/h1-13,19,29H/b20-18-. The van der Waals surface area contributed by atoms with Crippen molar-refractivity contribution in [2.24, 2.45) is 0 Å². The molecule has 2 aromatic carbocycles. The molecule has 1 aliphatic rings. The first kappa shape index (κ1) is 21.1. The number of hydrogen-bond donors (Lipinski definition) is 1. The Balaban J connectivity index is 1.83. The van der Waals surface area contributed by atoms with E-state index < -0.39 is 29.8 Å². The Morgan fingerprint density at radius 3 is 2.16 bits per heavy atom. The maximum Gasteiger partial charge on any atom is 0.573 e. The summed E-state index contributed by atoms with van der Waals surface area (Å²) in [7, 11) is 0. The molecule has 1 saturated heterocycles. The summed E-state index contributed by atoms with van der Waals surface area (Å²) in [5.74, 6) is -2.67. The second kappa shape index (κ2) is 8.18. The van der Waals surface area contributed by atoms with Crippen molar-refractivity contribution in [3.05, 3.63) is 95.8 Å². The number of pyridine rings is 1. The molecule has 1 aliphatic heterocycles. The van der Waals surface area contributed by atoms with Crippen LogP contribution in [0, 0.1) is 0 Å². The molecule has 32 heavy (non-hydrogen) atoms. The van der Waals surface area contributed by atoms with Crippen LogP contribution in [0.3, 0.4) is 0 Å². The molecule has 1 amide bonds. The van der Waals surface area contributed by atoms with E-state index >= 15 is 0 Å². The van der Waals surface area contributed by atoms with Gasteiger partial charge in [-0.2, -0.15) is 0 Å². The molecule has 1 atom stereocenters. The zero-order valence-electron chi connectivity index (χ0n) is 16.3. The Bertz CT molecular complexity index is 1180. The van der Waals surface area contributed by atoms with E-state index in [1.165, 1.54) is 36.7 Å². The van der Waals surface area contributed by atoms with Crippen LogP contribution in [0.15, 0.2) is 84.7 Å². The van der Waals surface area contributed by atoms with Crippen molar-refractivity contribution in [3.8, 4) is 5.75 Å². The van der Waals surface area contributed by atoms with E-state index in [1.54, 1.807) is 30.3 Å². The number of carbonyl (C=O) groups is 2. The lowest BCUT2D eigenvalue weighted by molar-refractivity contribution is -0.274. The molecule has 0 aliphatic carbocycles. The maximum atomic E-state index is 13.0. The van der Waals surface area contributed by atoms with Gasteiger partial charge in [-0.15, -0.1) is 13.2 Å². The van der Waals surface area contributed by atoms with Gasteiger partial charge in [0.25, 0.3) is 11.7 Å². The fraction of sp³-hybridized carbons (Fsp3) is 0.0870. The minimum Gasteiger partial charge on any atom is -0.507 e. The minimum absolute atomic E-state index is 0.136. The second-order valence-electron chi connectivity index (χ2n) is 6.86. The summed E-state index contributed by atoms with van der Waals surface area (Å²) < 4.78 is 41.3. The number of hydrogen-bond acceptors (Lipinski definition) is 5. The van der Waals surface area contributed by atoms with Crippen LogP contribution in [0.4, 0.5) is 18.9 Å². The van der Waals surface area contributed by atoms with Gasteiger partial charge in [-0.05, 0) is 42.0 Å². The summed E-state index contributed by atoms with van der Waals surface area (Å²) in [4.78, 5) is 30.9. The highest BCUT2D eigenvalue weighted by Crippen LogP contribution is 2.42. The maximum absolute atomic E-state index is 13.0. The SMILES string of the molecule is O=C1C(=O)N(c2ccc(OC(F)(F)F)cc2)C(c2ccccc2)/C1=C(/O)c1ccncc1. The van der Waals surface area contributed by atoms with Crippen LogP contribution in [-0.2, 0) is 9.59 Å². The fourth-order valence-corrected chi connectivity index (χ4v) is 3.52. The third-order valence-electron chi connectivity index (χ3n) is 4.86. The number of aliphatic hydroxyl groups excluding tert-OH is 1. The molecule has 1 unspecified atom stereocenters. The molecule has 0 radical (unpaired) electrons. The second-order valence-corrected chi connectivity index (χ2v) is 6.86. The Morgan fingerprint density at radius 2 is 1.56 bits per heavy atom. The number of rotatable bonds is 4. The number of anilines is 1. The molecule has 0 saturated carbocycles. The minimum atomic E-state index is -4.86. The van der Waals surface area contributed by atoms with E-state index in [0.717, 1.165) is 17.0 Å². The van der Waals surface area contributed by atoms with Crippen LogP contribution in [-0.4, -0.2) is 28.1 Å². The van der Waals surface area contributed by atoms with Gasteiger partial charge in [-0.25, -0.2) is 0 Å². The molecule has 4 rings (SSSR count). The smallest absolute Gasteiger partial charge is 0.507 e. The molecular weight excluding hydrogens is 425 g/mol. The fourth-order valence-electron chi connectivity index (χ4n) is 3.52. The molecule has 6 nitrogen and oxygen atoms in total. The quantitative estimate of drug-likeness (QED) is 0.364. The average Bonchev–Trinajstić information content (AvgIpc) is 3.05. The zero-order chi connectivity index (χ0) is 22.9. The number of benzene rings is 2. The third kappa shape index (κ3) is 4.04. The summed E-state index contributed by atoms with van der Waals surface area (Å²) in [6.45, 7) is 0. The van der Waals surface area contributed by atoms with Crippen molar-refractivity contribution < 1.29 is 32.6 Å². The van der Waals surface area contributed by atoms with Crippen LogP contribution in [0.2, 0.25) is 0 Å². The molecule has 1 N–H and O–H groups in total. The summed E-state index contributed by atoms with van der Waals surface area (Å²) in [5.41, 5.74) is 0.873. The number of amides is 1. The number of nitrogens with zero attached hydrogens (tertiary/aromatic N) is 2.